The number of aromatic amines is 1. The second-order valence-electron chi connectivity index (χ2n) is 8.53. The van der Waals surface area contributed by atoms with Gasteiger partial charge in [0.1, 0.15) is 0 Å². The molecule has 0 radical (unpaired) electrons. The van der Waals surface area contributed by atoms with Crippen molar-refractivity contribution in [2.24, 2.45) is 0 Å². The van der Waals surface area contributed by atoms with E-state index in [2.05, 4.69) is 86.1 Å². The molecule has 1 aromatic carbocycles. The zero-order chi connectivity index (χ0) is 17.7. The Balaban J connectivity index is 2.00. The van der Waals surface area contributed by atoms with Crippen molar-refractivity contribution in [3.8, 4) is 0 Å². The van der Waals surface area contributed by atoms with Crippen LogP contribution in [0.1, 0.15) is 52.0 Å². The second-order valence-corrected chi connectivity index (χ2v) is 14.2. The number of hydrogen-bond acceptors (Lipinski definition) is 1. The van der Waals surface area contributed by atoms with Gasteiger partial charge in [-0.1, -0.05) is 36.7 Å². The molecule has 1 aliphatic carbocycles. The van der Waals surface area contributed by atoms with Crippen LogP contribution in [0.2, 0.25) is 18.1 Å². The molecule has 0 spiro atoms. The Labute approximate surface area is 154 Å². The molecule has 130 valence electrons. The van der Waals surface area contributed by atoms with E-state index in [9.17, 15) is 0 Å². The van der Waals surface area contributed by atoms with Crippen LogP contribution in [0.5, 0.6) is 0 Å². The third-order valence-electron chi connectivity index (χ3n) is 5.77. The van der Waals surface area contributed by atoms with Crippen LogP contribution in [-0.4, -0.2) is 13.3 Å². The van der Waals surface area contributed by atoms with E-state index in [0.29, 0.717) is 5.92 Å². The molecule has 24 heavy (non-hydrogen) atoms. The summed E-state index contributed by atoms with van der Waals surface area (Å²) >= 11 is 3.61. The monoisotopic (exact) mass is 405 g/mol. The van der Waals surface area contributed by atoms with Crippen molar-refractivity contribution >= 4 is 35.2 Å². The summed E-state index contributed by atoms with van der Waals surface area (Å²) in [5, 5.41) is 1.52. The Morgan fingerprint density at radius 2 is 1.96 bits per heavy atom. The molecule has 2 aromatic rings. The minimum absolute atomic E-state index is 0.219. The number of allylic oxidation sites excluding steroid dienone is 2. The Hall–Kier alpha value is -1.00. The second kappa shape index (κ2) is 6.06. The minimum atomic E-state index is -1.82. The van der Waals surface area contributed by atoms with Crippen molar-refractivity contribution in [2.45, 2.75) is 64.6 Å². The van der Waals surface area contributed by atoms with Crippen LogP contribution in [0.25, 0.3) is 10.9 Å². The third-order valence-corrected chi connectivity index (χ3v) is 10.6. The van der Waals surface area contributed by atoms with E-state index in [1.807, 2.05) is 0 Å². The standard InChI is InChI=1S/C20H28BrNOSi/c1-13-7-9-15(19(13)23-24(5,6)20(2,3)4)17-12-22-18-10-8-14(21)11-16(17)18/h8,10-12,15,22H,7,9H2,1-6H3. The van der Waals surface area contributed by atoms with E-state index in [1.54, 1.807) is 0 Å². The predicted octanol–water partition coefficient (Wildman–Crippen LogP) is 7.10. The fourth-order valence-electron chi connectivity index (χ4n) is 3.20. The molecule has 0 amide bonds. The molecule has 1 aliphatic rings. The van der Waals surface area contributed by atoms with Crippen molar-refractivity contribution in [3.05, 3.63) is 45.8 Å². The van der Waals surface area contributed by atoms with Crippen molar-refractivity contribution in [1.82, 2.24) is 4.98 Å². The van der Waals surface area contributed by atoms with E-state index in [-0.39, 0.29) is 5.04 Å². The lowest BCUT2D eigenvalue weighted by molar-refractivity contribution is 0.355. The van der Waals surface area contributed by atoms with Gasteiger partial charge in [0.15, 0.2) is 0 Å². The van der Waals surface area contributed by atoms with Gasteiger partial charge in [0.05, 0.1) is 5.76 Å². The van der Waals surface area contributed by atoms with E-state index in [0.717, 1.165) is 17.3 Å². The zero-order valence-corrected chi connectivity index (χ0v) is 18.2. The van der Waals surface area contributed by atoms with Gasteiger partial charge in [-0.25, -0.2) is 0 Å². The van der Waals surface area contributed by atoms with Crippen LogP contribution in [-0.2, 0) is 4.43 Å². The molecule has 0 aliphatic heterocycles. The summed E-state index contributed by atoms with van der Waals surface area (Å²) in [4.78, 5) is 3.43. The van der Waals surface area contributed by atoms with Crippen molar-refractivity contribution in [2.75, 3.05) is 0 Å². The molecule has 1 heterocycles. The van der Waals surface area contributed by atoms with Gasteiger partial charge in [-0.3, -0.25) is 0 Å². The summed E-state index contributed by atoms with van der Waals surface area (Å²) in [6.45, 7) is 13.8. The lowest BCUT2D eigenvalue weighted by atomic mass is 9.97. The number of benzene rings is 1. The van der Waals surface area contributed by atoms with E-state index >= 15 is 0 Å². The SMILES string of the molecule is CC1=C(O[Si](C)(C)C(C)(C)C)C(c2c[nH]c3ccc(Br)cc23)CC1. The van der Waals surface area contributed by atoms with Crippen LogP contribution in [0.3, 0.4) is 0 Å². The molecule has 1 N–H and O–H groups in total. The highest BCUT2D eigenvalue weighted by molar-refractivity contribution is 9.10. The molecule has 1 unspecified atom stereocenters. The molecule has 0 fully saturated rings. The highest BCUT2D eigenvalue weighted by Crippen LogP contribution is 2.47. The van der Waals surface area contributed by atoms with Gasteiger partial charge in [-0.05, 0) is 67.2 Å². The number of H-pyrrole nitrogens is 1. The van der Waals surface area contributed by atoms with Gasteiger partial charge in [0.2, 0.25) is 8.32 Å². The smallest absolute Gasteiger partial charge is 0.250 e. The molecule has 0 bridgehead atoms. The van der Waals surface area contributed by atoms with E-state index < -0.39 is 8.32 Å². The average molecular weight is 406 g/mol. The lowest BCUT2D eigenvalue weighted by Gasteiger charge is -2.38. The predicted molar refractivity (Wildman–Crippen MR) is 109 cm³/mol. The van der Waals surface area contributed by atoms with Crippen molar-refractivity contribution in [3.63, 3.8) is 0 Å². The van der Waals surface area contributed by atoms with Gasteiger partial charge in [-0.15, -0.1) is 0 Å². The fraction of sp³-hybridized carbons (Fsp3) is 0.500. The highest BCUT2D eigenvalue weighted by Gasteiger charge is 2.42. The first-order valence-electron chi connectivity index (χ1n) is 8.75. The molecule has 1 aromatic heterocycles. The van der Waals surface area contributed by atoms with E-state index in [4.69, 9.17) is 4.43 Å². The molecule has 2 nitrogen and oxygen atoms in total. The maximum atomic E-state index is 6.78. The summed E-state index contributed by atoms with van der Waals surface area (Å²) in [7, 11) is -1.82. The molecule has 4 heteroatoms. The highest BCUT2D eigenvalue weighted by atomic mass is 79.9. The average Bonchev–Trinajstić information content (AvgIpc) is 3.02. The first kappa shape index (κ1) is 17.8. The van der Waals surface area contributed by atoms with Crippen molar-refractivity contribution < 1.29 is 4.43 Å². The fourth-order valence-corrected chi connectivity index (χ4v) is 4.73. The summed E-state index contributed by atoms with van der Waals surface area (Å²) in [6, 6.07) is 6.45. The Bertz CT molecular complexity index is 798. The number of hydrogen-bond donors (Lipinski definition) is 1. The maximum absolute atomic E-state index is 6.78. The van der Waals surface area contributed by atoms with Gasteiger partial charge in [0.25, 0.3) is 0 Å². The first-order chi connectivity index (χ1) is 11.1. The zero-order valence-electron chi connectivity index (χ0n) is 15.6. The summed E-state index contributed by atoms with van der Waals surface area (Å²) in [6.07, 6.45) is 4.46. The largest absolute Gasteiger partial charge is 0.546 e. The van der Waals surface area contributed by atoms with Gasteiger partial charge < -0.3 is 9.41 Å². The van der Waals surface area contributed by atoms with Gasteiger partial charge in [-0.2, -0.15) is 0 Å². The van der Waals surface area contributed by atoms with Crippen LogP contribution in [0.4, 0.5) is 0 Å². The topological polar surface area (TPSA) is 25.0 Å². The third kappa shape index (κ3) is 3.11. The normalized spacial score (nSPS) is 19.4. The lowest BCUT2D eigenvalue weighted by Crippen LogP contribution is -2.41. The Kier molecular flexibility index (Phi) is 4.50. The van der Waals surface area contributed by atoms with Gasteiger partial charge >= 0.3 is 0 Å². The molecular weight excluding hydrogens is 378 g/mol. The molecule has 1 atom stereocenters. The summed E-state index contributed by atoms with van der Waals surface area (Å²) in [5.74, 6) is 1.62. The maximum Gasteiger partial charge on any atom is 0.250 e. The number of rotatable bonds is 3. The molecule has 3 rings (SSSR count). The molecular formula is C20H28BrNOSi. The molecule has 0 saturated carbocycles. The van der Waals surface area contributed by atoms with Crippen LogP contribution in [0, 0.1) is 0 Å². The quantitative estimate of drug-likeness (QED) is 0.540. The van der Waals surface area contributed by atoms with Crippen LogP contribution >= 0.6 is 15.9 Å². The van der Waals surface area contributed by atoms with Crippen LogP contribution in [0.15, 0.2) is 40.2 Å². The first-order valence-corrected chi connectivity index (χ1v) is 12.5. The Morgan fingerprint density at radius 1 is 1.25 bits per heavy atom. The van der Waals surface area contributed by atoms with Gasteiger partial charge in [0, 0.05) is 27.5 Å². The summed E-state index contributed by atoms with van der Waals surface area (Å²) in [5.41, 5.74) is 4.00. The van der Waals surface area contributed by atoms with Crippen molar-refractivity contribution in [1.29, 1.82) is 0 Å². The Morgan fingerprint density at radius 3 is 2.62 bits per heavy atom. The van der Waals surface area contributed by atoms with E-state index in [1.165, 1.54) is 27.8 Å². The van der Waals surface area contributed by atoms with Crippen LogP contribution < -0.4 is 0 Å². The number of nitrogens with one attached hydrogen (secondary N) is 1. The summed E-state index contributed by atoms with van der Waals surface area (Å²) < 4.78 is 7.91. The number of halogens is 1. The number of fused-ring (bicyclic) bond motifs is 1. The number of aromatic nitrogens is 1. The minimum Gasteiger partial charge on any atom is -0.546 e. The molecule has 0 saturated heterocycles.